The molecule has 0 aliphatic heterocycles. The SMILES string of the molecule is COC[C@@H](Cc1ccccc1)[C@@H](O)CCc1ccccc1. The Labute approximate surface area is 127 Å². The van der Waals surface area contributed by atoms with Crippen molar-refractivity contribution in [1.82, 2.24) is 0 Å². The number of aliphatic hydroxyl groups is 1. The van der Waals surface area contributed by atoms with Gasteiger partial charge in [0.1, 0.15) is 0 Å². The minimum Gasteiger partial charge on any atom is -0.393 e. The number of ether oxygens (including phenoxy) is 1. The summed E-state index contributed by atoms with van der Waals surface area (Å²) in [6.45, 7) is 0.588. The van der Waals surface area contributed by atoms with E-state index in [0.717, 1.165) is 19.3 Å². The van der Waals surface area contributed by atoms with Crippen molar-refractivity contribution in [2.45, 2.75) is 25.4 Å². The highest BCUT2D eigenvalue weighted by Crippen LogP contribution is 2.17. The molecule has 2 nitrogen and oxygen atoms in total. The predicted molar refractivity (Wildman–Crippen MR) is 86.3 cm³/mol. The lowest BCUT2D eigenvalue weighted by atomic mass is 9.91. The van der Waals surface area contributed by atoms with Crippen molar-refractivity contribution in [3.8, 4) is 0 Å². The molecule has 0 bridgehead atoms. The summed E-state index contributed by atoms with van der Waals surface area (Å²) in [5.41, 5.74) is 2.52. The predicted octanol–water partition coefficient (Wildman–Crippen LogP) is 3.49. The van der Waals surface area contributed by atoms with Crippen LogP contribution in [0.5, 0.6) is 0 Å². The smallest absolute Gasteiger partial charge is 0.0596 e. The summed E-state index contributed by atoms with van der Waals surface area (Å²) < 4.78 is 5.29. The van der Waals surface area contributed by atoms with Gasteiger partial charge in [-0.1, -0.05) is 60.7 Å². The Kier molecular flexibility index (Phi) is 6.45. The van der Waals surface area contributed by atoms with Crippen LogP contribution in [0.1, 0.15) is 17.5 Å². The Morgan fingerprint density at radius 2 is 1.48 bits per heavy atom. The maximum atomic E-state index is 10.5. The van der Waals surface area contributed by atoms with Crippen molar-refractivity contribution in [2.75, 3.05) is 13.7 Å². The van der Waals surface area contributed by atoms with Gasteiger partial charge in [0.05, 0.1) is 12.7 Å². The van der Waals surface area contributed by atoms with Gasteiger partial charge in [-0.25, -0.2) is 0 Å². The van der Waals surface area contributed by atoms with E-state index in [-0.39, 0.29) is 12.0 Å². The van der Waals surface area contributed by atoms with Gasteiger partial charge in [0, 0.05) is 13.0 Å². The molecular formula is C19H24O2. The molecule has 0 heterocycles. The molecule has 112 valence electrons. The minimum absolute atomic E-state index is 0.140. The monoisotopic (exact) mass is 284 g/mol. The van der Waals surface area contributed by atoms with E-state index >= 15 is 0 Å². The number of aliphatic hydroxyl groups excluding tert-OH is 1. The summed E-state index contributed by atoms with van der Waals surface area (Å²) >= 11 is 0. The maximum Gasteiger partial charge on any atom is 0.0596 e. The highest BCUT2D eigenvalue weighted by Gasteiger charge is 2.19. The molecule has 2 aromatic rings. The number of rotatable bonds is 8. The van der Waals surface area contributed by atoms with E-state index in [0.29, 0.717) is 6.61 Å². The van der Waals surface area contributed by atoms with Crippen molar-refractivity contribution in [2.24, 2.45) is 5.92 Å². The molecule has 2 aromatic carbocycles. The highest BCUT2D eigenvalue weighted by molar-refractivity contribution is 5.16. The lowest BCUT2D eigenvalue weighted by molar-refractivity contribution is 0.0432. The van der Waals surface area contributed by atoms with Crippen LogP contribution in [-0.2, 0) is 17.6 Å². The van der Waals surface area contributed by atoms with Crippen LogP contribution in [0.3, 0.4) is 0 Å². The average molecular weight is 284 g/mol. The maximum absolute atomic E-state index is 10.5. The number of aryl methyl sites for hydroxylation is 1. The van der Waals surface area contributed by atoms with Crippen molar-refractivity contribution in [1.29, 1.82) is 0 Å². The molecular weight excluding hydrogens is 260 g/mol. The third kappa shape index (κ3) is 5.33. The molecule has 0 radical (unpaired) electrons. The molecule has 0 aliphatic rings. The van der Waals surface area contributed by atoms with Gasteiger partial charge < -0.3 is 9.84 Å². The summed E-state index contributed by atoms with van der Waals surface area (Å²) in [5, 5.41) is 10.5. The van der Waals surface area contributed by atoms with Gasteiger partial charge in [0.2, 0.25) is 0 Å². The van der Waals surface area contributed by atoms with E-state index in [1.807, 2.05) is 36.4 Å². The standard InChI is InChI=1S/C19H24O2/c1-21-15-18(14-17-10-6-3-7-11-17)19(20)13-12-16-8-4-2-5-9-16/h2-11,18-20H,12-15H2,1H3/t18-,19+/m1/s1. The van der Waals surface area contributed by atoms with Gasteiger partial charge in [-0.2, -0.15) is 0 Å². The Morgan fingerprint density at radius 1 is 0.905 bits per heavy atom. The molecule has 0 saturated heterocycles. The van der Waals surface area contributed by atoms with Crippen LogP contribution in [0.2, 0.25) is 0 Å². The lowest BCUT2D eigenvalue weighted by Gasteiger charge is -2.22. The lowest BCUT2D eigenvalue weighted by Crippen LogP contribution is -2.27. The quantitative estimate of drug-likeness (QED) is 0.804. The third-order valence-electron chi connectivity index (χ3n) is 3.84. The fourth-order valence-corrected chi connectivity index (χ4v) is 2.63. The third-order valence-corrected chi connectivity index (χ3v) is 3.84. The van der Waals surface area contributed by atoms with E-state index in [1.54, 1.807) is 7.11 Å². The highest BCUT2D eigenvalue weighted by atomic mass is 16.5. The summed E-state index contributed by atoms with van der Waals surface area (Å²) in [6.07, 6.45) is 2.18. The molecule has 0 spiro atoms. The molecule has 0 fully saturated rings. The summed E-state index contributed by atoms with van der Waals surface area (Å²) in [4.78, 5) is 0. The summed E-state index contributed by atoms with van der Waals surface area (Å²) in [7, 11) is 1.70. The van der Waals surface area contributed by atoms with Crippen LogP contribution in [0.4, 0.5) is 0 Å². The van der Waals surface area contributed by atoms with Crippen LogP contribution in [0.25, 0.3) is 0 Å². The Balaban J connectivity index is 1.90. The second-order valence-corrected chi connectivity index (χ2v) is 5.50. The number of hydrogen-bond donors (Lipinski definition) is 1. The fourth-order valence-electron chi connectivity index (χ4n) is 2.63. The number of hydrogen-bond acceptors (Lipinski definition) is 2. The summed E-state index contributed by atoms with van der Waals surface area (Å²) in [6, 6.07) is 20.6. The topological polar surface area (TPSA) is 29.5 Å². The van der Waals surface area contributed by atoms with Gasteiger partial charge >= 0.3 is 0 Å². The average Bonchev–Trinajstić information content (AvgIpc) is 2.54. The van der Waals surface area contributed by atoms with Crippen molar-refractivity contribution in [3.05, 3.63) is 71.8 Å². The Hall–Kier alpha value is -1.64. The van der Waals surface area contributed by atoms with Crippen molar-refractivity contribution < 1.29 is 9.84 Å². The van der Waals surface area contributed by atoms with E-state index in [9.17, 15) is 5.11 Å². The number of benzene rings is 2. The molecule has 21 heavy (non-hydrogen) atoms. The van der Waals surface area contributed by atoms with E-state index in [1.165, 1.54) is 11.1 Å². The fraction of sp³-hybridized carbons (Fsp3) is 0.368. The zero-order valence-electron chi connectivity index (χ0n) is 12.6. The molecule has 0 unspecified atom stereocenters. The van der Waals surface area contributed by atoms with Crippen LogP contribution < -0.4 is 0 Å². The van der Waals surface area contributed by atoms with Gasteiger partial charge in [-0.15, -0.1) is 0 Å². The van der Waals surface area contributed by atoms with E-state index < -0.39 is 0 Å². The van der Waals surface area contributed by atoms with Gasteiger partial charge in [0.15, 0.2) is 0 Å². The molecule has 0 amide bonds. The second-order valence-electron chi connectivity index (χ2n) is 5.50. The first-order chi connectivity index (χ1) is 10.3. The second kappa shape index (κ2) is 8.60. The first-order valence-corrected chi connectivity index (χ1v) is 7.54. The molecule has 2 rings (SSSR count). The Bertz CT molecular complexity index is 495. The Morgan fingerprint density at radius 3 is 2.05 bits per heavy atom. The van der Waals surface area contributed by atoms with Crippen LogP contribution in [-0.4, -0.2) is 24.9 Å². The number of methoxy groups -OCH3 is 1. The van der Waals surface area contributed by atoms with Gasteiger partial charge in [0.25, 0.3) is 0 Å². The van der Waals surface area contributed by atoms with Crippen LogP contribution in [0, 0.1) is 5.92 Å². The van der Waals surface area contributed by atoms with Gasteiger partial charge in [-0.05, 0) is 30.4 Å². The van der Waals surface area contributed by atoms with E-state index in [4.69, 9.17) is 4.74 Å². The first kappa shape index (κ1) is 15.7. The normalized spacial score (nSPS) is 13.8. The zero-order valence-corrected chi connectivity index (χ0v) is 12.6. The van der Waals surface area contributed by atoms with Crippen molar-refractivity contribution in [3.63, 3.8) is 0 Å². The minimum atomic E-state index is -0.342. The van der Waals surface area contributed by atoms with Crippen LogP contribution in [0.15, 0.2) is 60.7 Å². The molecule has 0 aromatic heterocycles. The largest absolute Gasteiger partial charge is 0.393 e. The van der Waals surface area contributed by atoms with Gasteiger partial charge in [-0.3, -0.25) is 0 Å². The first-order valence-electron chi connectivity index (χ1n) is 7.54. The summed E-state index contributed by atoms with van der Waals surface area (Å²) in [5.74, 6) is 0.140. The molecule has 2 heteroatoms. The van der Waals surface area contributed by atoms with Crippen molar-refractivity contribution >= 4 is 0 Å². The molecule has 0 aliphatic carbocycles. The van der Waals surface area contributed by atoms with E-state index in [2.05, 4.69) is 24.3 Å². The molecule has 1 N–H and O–H groups in total. The zero-order chi connectivity index (χ0) is 14.9. The molecule has 2 atom stereocenters. The van der Waals surface area contributed by atoms with Crippen LogP contribution >= 0.6 is 0 Å². The molecule has 0 saturated carbocycles.